The summed E-state index contributed by atoms with van der Waals surface area (Å²) < 4.78 is 13.7. The molecule has 0 unspecified atom stereocenters. The van der Waals surface area contributed by atoms with Crippen LogP contribution in [-0.2, 0) is 12.8 Å². The Labute approximate surface area is 321 Å². The highest BCUT2D eigenvalue weighted by Crippen LogP contribution is 2.49. The van der Waals surface area contributed by atoms with E-state index in [1.165, 1.54) is 180 Å². The van der Waals surface area contributed by atoms with Gasteiger partial charge >= 0.3 is 0 Å². The Balaban J connectivity index is 1.21. The van der Waals surface area contributed by atoms with Gasteiger partial charge in [-0.2, -0.15) is 0 Å². The van der Waals surface area contributed by atoms with Crippen LogP contribution in [0.25, 0.3) is 41.3 Å². The first kappa shape index (κ1) is 38.5. The third kappa shape index (κ3) is 10.6. The molecule has 0 atom stereocenters. The second-order valence-corrected chi connectivity index (χ2v) is 19.6. The molecule has 0 bridgehead atoms. The molecule has 48 heavy (non-hydrogen) atoms. The molecule has 4 nitrogen and oxygen atoms in total. The number of rotatable bonds is 24. The van der Waals surface area contributed by atoms with Gasteiger partial charge in [0.25, 0.3) is 0 Å². The second-order valence-electron chi connectivity index (χ2n) is 13.3. The zero-order chi connectivity index (χ0) is 33.6. The quantitative estimate of drug-likeness (QED) is 0.0580. The molecule has 4 heterocycles. The lowest BCUT2D eigenvalue weighted by molar-refractivity contribution is 0.556. The van der Waals surface area contributed by atoms with Gasteiger partial charge in [-0.05, 0) is 104 Å². The first-order chi connectivity index (χ1) is 23.6. The summed E-state index contributed by atoms with van der Waals surface area (Å²) in [5.74, 6) is 0. The molecule has 1 aromatic carbocycles. The fraction of sp³-hybridized carbons (Fsp3) is 0.632. The molecule has 0 amide bonds. The normalized spacial score (nSPS) is 11.9. The SMILES string of the molecule is CCCCCCCCCCCCc1cc(-c2c3nnsc3c(-c3cc(CCCCCCCCCCCC)c(Br)s3)c3nnsc23)sc1Br. The summed E-state index contributed by atoms with van der Waals surface area (Å²) in [6.45, 7) is 4.58. The van der Waals surface area contributed by atoms with Gasteiger partial charge in [0, 0.05) is 20.9 Å². The lowest BCUT2D eigenvalue weighted by Gasteiger charge is -2.06. The van der Waals surface area contributed by atoms with E-state index in [-0.39, 0.29) is 0 Å². The van der Waals surface area contributed by atoms with Crippen molar-refractivity contribution in [3.8, 4) is 20.9 Å². The minimum absolute atomic E-state index is 0.980. The highest BCUT2D eigenvalue weighted by Gasteiger charge is 2.25. The molecular weight excluding hydrogens is 801 g/mol. The summed E-state index contributed by atoms with van der Waals surface area (Å²) in [4.78, 5) is 2.47. The van der Waals surface area contributed by atoms with E-state index in [9.17, 15) is 0 Å². The predicted octanol–water partition coefficient (Wildman–Crippen LogP) is 15.6. The second kappa shape index (κ2) is 20.9. The lowest BCUT2D eigenvalue weighted by atomic mass is 10.0. The molecule has 0 N–H and O–H groups in total. The summed E-state index contributed by atoms with van der Waals surface area (Å²) in [7, 11) is 0. The minimum Gasteiger partial charge on any atom is -0.137 e. The molecule has 262 valence electrons. The van der Waals surface area contributed by atoms with Gasteiger partial charge in [-0.15, -0.1) is 32.9 Å². The number of aryl methyl sites for hydroxylation is 2. The molecule has 4 aromatic heterocycles. The largest absolute Gasteiger partial charge is 0.137 e. The van der Waals surface area contributed by atoms with Crippen molar-refractivity contribution in [2.75, 3.05) is 0 Å². The van der Waals surface area contributed by atoms with Crippen molar-refractivity contribution >= 4 is 98.0 Å². The molecule has 0 fully saturated rings. The lowest BCUT2D eigenvalue weighted by Crippen LogP contribution is -1.87. The highest BCUT2D eigenvalue weighted by atomic mass is 79.9. The zero-order valence-electron chi connectivity index (χ0n) is 28.9. The third-order valence-corrected chi connectivity index (χ3v) is 15.0. The van der Waals surface area contributed by atoms with E-state index < -0.39 is 0 Å². The number of thiophene rings is 2. The van der Waals surface area contributed by atoms with Crippen LogP contribution in [0, 0.1) is 0 Å². The van der Waals surface area contributed by atoms with E-state index in [4.69, 9.17) is 10.2 Å². The van der Waals surface area contributed by atoms with E-state index in [0.29, 0.717) is 0 Å². The van der Waals surface area contributed by atoms with Gasteiger partial charge in [0.15, 0.2) is 0 Å². The third-order valence-electron chi connectivity index (χ3n) is 9.51. The van der Waals surface area contributed by atoms with Gasteiger partial charge in [0.2, 0.25) is 0 Å². The fourth-order valence-electron chi connectivity index (χ4n) is 6.71. The smallest absolute Gasteiger partial charge is 0.116 e. The van der Waals surface area contributed by atoms with Gasteiger partial charge < -0.3 is 0 Å². The monoisotopic (exact) mass is 850 g/mol. The zero-order valence-corrected chi connectivity index (χ0v) is 35.3. The van der Waals surface area contributed by atoms with Crippen LogP contribution in [0.1, 0.15) is 153 Å². The molecule has 0 aliphatic rings. The molecule has 0 saturated carbocycles. The van der Waals surface area contributed by atoms with Gasteiger partial charge in [-0.3, -0.25) is 0 Å². The first-order valence-corrected chi connectivity index (χ1v) is 23.4. The van der Waals surface area contributed by atoms with Gasteiger partial charge in [-0.1, -0.05) is 138 Å². The predicted molar refractivity (Wildman–Crippen MR) is 222 cm³/mol. The fourth-order valence-corrected chi connectivity index (χ4v) is 12.0. The standard InChI is InChI=1S/C38H52Br2N4S4/c1-3-5-7-9-11-13-15-17-19-21-23-27-25-29(45-37(27)39)31-33-36(48-43-41-33)32(34-35(31)47-44-42-34)30-26-28(38(40)46-30)24-22-20-18-16-14-12-10-8-6-4-2/h25-26H,3-24H2,1-2H3. The van der Waals surface area contributed by atoms with E-state index >= 15 is 0 Å². The topological polar surface area (TPSA) is 51.6 Å². The van der Waals surface area contributed by atoms with Crippen molar-refractivity contribution in [1.29, 1.82) is 0 Å². The molecule has 0 radical (unpaired) electrons. The molecule has 5 aromatic rings. The number of nitrogens with zero attached hydrogens (tertiary/aromatic N) is 4. The molecule has 0 aliphatic heterocycles. The maximum atomic E-state index is 4.72. The molecule has 0 saturated heterocycles. The summed E-state index contributed by atoms with van der Waals surface area (Å²) in [5.41, 5.74) is 7.06. The maximum absolute atomic E-state index is 4.72. The number of fused-ring (bicyclic) bond motifs is 2. The Morgan fingerprint density at radius 1 is 0.479 bits per heavy atom. The van der Waals surface area contributed by atoms with Crippen molar-refractivity contribution in [2.45, 2.75) is 155 Å². The first-order valence-electron chi connectivity index (χ1n) is 18.6. The van der Waals surface area contributed by atoms with Crippen molar-refractivity contribution in [2.24, 2.45) is 0 Å². The Bertz CT molecular complexity index is 1500. The van der Waals surface area contributed by atoms with E-state index in [1.54, 1.807) is 0 Å². The van der Waals surface area contributed by atoms with Crippen molar-refractivity contribution in [3.63, 3.8) is 0 Å². The van der Waals surface area contributed by atoms with Crippen LogP contribution in [0.4, 0.5) is 0 Å². The van der Waals surface area contributed by atoms with E-state index in [1.807, 2.05) is 22.7 Å². The average molecular weight is 853 g/mol. The summed E-state index contributed by atoms with van der Waals surface area (Å²) in [5, 5.41) is 9.43. The van der Waals surface area contributed by atoms with Crippen molar-refractivity contribution in [3.05, 3.63) is 30.8 Å². The number of aromatic nitrogens is 4. The Morgan fingerprint density at radius 3 is 1.17 bits per heavy atom. The van der Waals surface area contributed by atoms with E-state index in [2.05, 4.69) is 66.8 Å². The van der Waals surface area contributed by atoms with Crippen LogP contribution in [-0.4, -0.2) is 19.2 Å². The van der Waals surface area contributed by atoms with Crippen LogP contribution >= 0.6 is 77.6 Å². The summed E-state index contributed by atoms with van der Waals surface area (Å²) >= 11 is 14.4. The number of unbranched alkanes of at least 4 members (excludes halogenated alkanes) is 18. The van der Waals surface area contributed by atoms with Crippen LogP contribution in [0.5, 0.6) is 0 Å². The molecule has 5 rings (SSSR count). The maximum Gasteiger partial charge on any atom is 0.116 e. The molecular formula is C38H52Br2N4S4. The Hall–Kier alpha value is -0.780. The van der Waals surface area contributed by atoms with Crippen molar-refractivity contribution < 1.29 is 0 Å². The van der Waals surface area contributed by atoms with Crippen LogP contribution < -0.4 is 0 Å². The minimum atomic E-state index is 0.980. The summed E-state index contributed by atoms with van der Waals surface area (Å²) in [6.07, 6.45) is 29.5. The van der Waals surface area contributed by atoms with Gasteiger partial charge in [0.05, 0.1) is 17.0 Å². The van der Waals surface area contributed by atoms with E-state index in [0.717, 1.165) is 44.4 Å². The summed E-state index contributed by atoms with van der Waals surface area (Å²) in [6, 6.07) is 4.75. The van der Waals surface area contributed by atoms with Crippen molar-refractivity contribution in [1.82, 2.24) is 19.2 Å². The Morgan fingerprint density at radius 2 is 0.812 bits per heavy atom. The number of benzene rings is 1. The number of halogens is 2. The van der Waals surface area contributed by atoms with Gasteiger partial charge in [0.1, 0.15) is 11.0 Å². The molecule has 0 spiro atoms. The van der Waals surface area contributed by atoms with Crippen LogP contribution in [0.3, 0.4) is 0 Å². The number of hydrogen-bond acceptors (Lipinski definition) is 8. The van der Waals surface area contributed by atoms with Crippen LogP contribution in [0.2, 0.25) is 0 Å². The highest BCUT2D eigenvalue weighted by molar-refractivity contribution is 9.11. The molecule has 0 aliphatic carbocycles. The Kier molecular flexibility index (Phi) is 16.8. The molecule has 10 heteroatoms. The van der Waals surface area contributed by atoms with Crippen LogP contribution in [0.15, 0.2) is 19.7 Å². The average Bonchev–Trinajstić information content (AvgIpc) is 3.90. The number of hydrogen-bond donors (Lipinski definition) is 0. The van der Waals surface area contributed by atoms with Gasteiger partial charge in [-0.25, -0.2) is 0 Å².